The van der Waals surface area contributed by atoms with Gasteiger partial charge in [0.25, 0.3) is 0 Å². The van der Waals surface area contributed by atoms with Crippen LogP contribution < -0.4 is 0 Å². The lowest BCUT2D eigenvalue weighted by Crippen LogP contribution is -2.17. The number of hydrogen-bond acceptors (Lipinski definition) is 4. The second-order valence-electron chi connectivity index (χ2n) is 4.61. The Morgan fingerprint density at radius 3 is 2.75 bits per heavy atom. The Morgan fingerprint density at radius 2 is 2.25 bits per heavy atom. The SMILES string of the molecule is C=C(C)C(=O)OC1CC(CC(C)C)C(=O)O1. The largest absolute Gasteiger partial charge is 0.425 e. The summed E-state index contributed by atoms with van der Waals surface area (Å²) in [6.45, 7) is 9.11. The van der Waals surface area contributed by atoms with E-state index in [2.05, 4.69) is 6.58 Å². The molecule has 2 unspecified atom stereocenters. The van der Waals surface area contributed by atoms with Crippen LogP contribution in [0.2, 0.25) is 0 Å². The number of esters is 2. The molecule has 0 aromatic rings. The summed E-state index contributed by atoms with van der Waals surface area (Å²) in [6, 6.07) is 0. The Kier molecular flexibility index (Phi) is 4.10. The number of hydrogen-bond donors (Lipinski definition) is 0. The van der Waals surface area contributed by atoms with Crippen molar-refractivity contribution in [1.29, 1.82) is 0 Å². The van der Waals surface area contributed by atoms with Crippen molar-refractivity contribution in [1.82, 2.24) is 0 Å². The van der Waals surface area contributed by atoms with Gasteiger partial charge in [-0.25, -0.2) is 4.79 Å². The van der Waals surface area contributed by atoms with Crippen molar-refractivity contribution < 1.29 is 19.1 Å². The third-order valence-corrected chi connectivity index (χ3v) is 2.40. The van der Waals surface area contributed by atoms with Gasteiger partial charge in [-0.15, -0.1) is 0 Å². The first kappa shape index (κ1) is 12.7. The normalized spacial score (nSPS) is 24.4. The van der Waals surface area contributed by atoms with Crippen LogP contribution in [0.3, 0.4) is 0 Å². The Hall–Kier alpha value is -1.32. The third-order valence-electron chi connectivity index (χ3n) is 2.40. The molecular formula is C12H18O4. The summed E-state index contributed by atoms with van der Waals surface area (Å²) in [4.78, 5) is 22.7. The summed E-state index contributed by atoms with van der Waals surface area (Å²) in [7, 11) is 0. The number of rotatable bonds is 4. The zero-order valence-electron chi connectivity index (χ0n) is 9.99. The van der Waals surface area contributed by atoms with Crippen LogP contribution in [0.4, 0.5) is 0 Å². The topological polar surface area (TPSA) is 52.6 Å². The first-order valence-corrected chi connectivity index (χ1v) is 5.47. The molecule has 1 aliphatic heterocycles. The monoisotopic (exact) mass is 226 g/mol. The maximum atomic E-state index is 11.4. The van der Waals surface area contributed by atoms with E-state index < -0.39 is 12.3 Å². The molecule has 1 rings (SSSR count). The molecule has 0 spiro atoms. The van der Waals surface area contributed by atoms with Gasteiger partial charge in [0.2, 0.25) is 6.29 Å². The van der Waals surface area contributed by atoms with Crippen molar-refractivity contribution in [3.05, 3.63) is 12.2 Å². The summed E-state index contributed by atoms with van der Waals surface area (Å²) in [5.41, 5.74) is 0.309. The van der Waals surface area contributed by atoms with Crippen LogP contribution in [0.25, 0.3) is 0 Å². The van der Waals surface area contributed by atoms with Gasteiger partial charge in [0, 0.05) is 12.0 Å². The van der Waals surface area contributed by atoms with Crippen LogP contribution in [0.15, 0.2) is 12.2 Å². The number of carbonyl (C=O) groups excluding carboxylic acids is 2. The fraction of sp³-hybridized carbons (Fsp3) is 0.667. The average Bonchev–Trinajstić information content (AvgIpc) is 2.45. The first-order chi connectivity index (χ1) is 7.40. The summed E-state index contributed by atoms with van der Waals surface area (Å²) >= 11 is 0. The van der Waals surface area contributed by atoms with E-state index in [9.17, 15) is 9.59 Å². The Morgan fingerprint density at radius 1 is 1.62 bits per heavy atom. The predicted molar refractivity (Wildman–Crippen MR) is 58.3 cm³/mol. The fourth-order valence-electron chi connectivity index (χ4n) is 1.66. The van der Waals surface area contributed by atoms with E-state index in [0.29, 0.717) is 17.9 Å². The van der Waals surface area contributed by atoms with E-state index in [1.54, 1.807) is 6.92 Å². The van der Waals surface area contributed by atoms with E-state index in [4.69, 9.17) is 9.47 Å². The van der Waals surface area contributed by atoms with Gasteiger partial charge in [-0.3, -0.25) is 4.79 Å². The highest BCUT2D eigenvalue weighted by molar-refractivity contribution is 5.87. The van der Waals surface area contributed by atoms with E-state index >= 15 is 0 Å². The van der Waals surface area contributed by atoms with Crippen molar-refractivity contribution in [3.63, 3.8) is 0 Å². The minimum Gasteiger partial charge on any atom is -0.425 e. The molecule has 90 valence electrons. The van der Waals surface area contributed by atoms with Gasteiger partial charge < -0.3 is 9.47 Å². The highest BCUT2D eigenvalue weighted by Gasteiger charge is 2.36. The third kappa shape index (κ3) is 3.36. The smallest absolute Gasteiger partial charge is 0.336 e. The van der Waals surface area contributed by atoms with Gasteiger partial charge in [0.05, 0.1) is 5.92 Å². The van der Waals surface area contributed by atoms with Crippen LogP contribution in [0, 0.1) is 11.8 Å². The van der Waals surface area contributed by atoms with Gasteiger partial charge in [-0.05, 0) is 19.3 Å². The minimum absolute atomic E-state index is 0.150. The molecule has 2 atom stereocenters. The van der Waals surface area contributed by atoms with E-state index in [1.165, 1.54) is 0 Å². The Balaban J connectivity index is 2.47. The van der Waals surface area contributed by atoms with Gasteiger partial charge in [-0.2, -0.15) is 0 Å². The molecule has 0 aromatic heterocycles. The standard InChI is InChI=1S/C12H18O4/c1-7(2)5-9-6-10(16-12(9)14)15-11(13)8(3)4/h7,9-10H,3,5-6H2,1-2,4H3. The minimum atomic E-state index is -0.736. The van der Waals surface area contributed by atoms with Crippen LogP contribution in [-0.4, -0.2) is 18.2 Å². The zero-order chi connectivity index (χ0) is 12.3. The van der Waals surface area contributed by atoms with Crippen LogP contribution in [-0.2, 0) is 19.1 Å². The van der Waals surface area contributed by atoms with Crippen molar-refractivity contribution in [2.45, 2.75) is 39.9 Å². The molecule has 16 heavy (non-hydrogen) atoms. The quantitative estimate of drug-likeness (QED) is 0.543. The lowest BCUT2D eigenvalue weighted by atomic mass is 9.96. The molecule has 0 N–H and O–H groups in total. The number of cyclic esters (lactones) is 1. The van der Waals surface area contributed by atoms with Crippen molar-refractivity contribution in [2.75, 3.05) is 0 Å². The molecule has 0 radical (unpaired) electrons. The summed E-state index contributed by atoms with van der Waals surface area (Å²) in [5, 5.41) is 0. The molecule has 0 aromatic carbocycles. The Labute approximate surface area is 95.6 Å². The van der Waals surface area contributed by atoms with Crippen molar-refractivity contribution in [3.8, 4) is 0 Å². The van der Waals surface area contributed by atoms with Crippen LogP contribution in [0.5, 0.6) is 0 Å². The Bertz CT molecular complexity index is 306. The molecule has 0 saturated carbocycles. The molecule has 1 heterocycles. The molecule has 1 fully saturated rings. The fourth-order valence-corrected chi connectivity index (χ4v) is 1.66. The highest BCUT2D eigenvalue weighted by atomic mass is 16.7. The predicted octanol–water partition coefficient (Wildman–Crippen LogP) is 2.04. The van der Waals surface area contributed by atoms with Gasteiger partial charge in [-0.1, -0.05) is 20.4 Å². The van der Waals surface area contributed by atoms with E-state index in [0.717, 1.165) is 6.42 Å². The van der Waals surface area contributed by atoms with Gasteiger partial charge >= 0.3 is 11.9 Å². The maximum absolute atomic E-state index is 11.4. The van der Waals surface area contributed by atoms with Crippen molar-refractivity contribution >= 4 is 11.9 Å². The summed E-state index contributed by atoms with van der Waals surface area (Å²) in [6.07, 6.45) is 0.483. The van der Waals surface area contributed by atoms with Crippen LogP contribution >= 0.6 is 0 Å². The lowest BCUT2D eigenvalue weighted by molar-refractivity contribution is -0.173. The molecule has 4 heteroatoms. The lowest BCUT2D eigenvalue weighted by Gasteiger charge is -2.10. The summed E-state index contributed by atoms with van der Waals surface area (Å²) in [5.74, 6) is -0.507. The number of ether oxygens (including phenoxy) is 2. The average molecular weight is 226 g/mol. The second-order valence-corrected chi connectivity index (χ2v) is 4.61. The molecule has 0 aliphatic carbocycles. The van der Waals surface area contributed by atoms with E-state index in [1.807, 2.05) is 13.8 Å². The molecule has 4 nitrogen and oxygen atoms in total. The highest BCUT2D eigenvalue weighted by Crippen LogP contribution is 2.27. The van der Waals surface area contributed by atoms with Gasteiger partial charge in [0.1, 0.15) is 0 Å². The van der Waals surface area contributed by atoms with E-state index in [-0.39, 0.29) is 11.9 Å². The van der Waals surface area contributed by atoms with Crippen molar-refractivity contribution in [2.24, 2.45) is 11.8 Å². The second kappa shape index (κ2) is 5.14. The molecule has 1 saturated heterocycles. The van der Waals surface area contributed by atoms with Crippen LogP contribution in [0.1, 0.15) is 33.6 Å². The zero-order valence-corrected chi connectivity index (χ0v) is 9.99. The van der Waals surface area contributed by atoms with Gasteiger partial charge in [0.15, 0.2) is 0 Å². The molecule has 0 bridgehead atoms. The molecular weight excluding hydrogens is 208 g/mol. The number of carbonyl (C=O) groups is 2. The summed E-state index contributed by atoms with van der Waals surface area (Å²) < 4.78 is 9.95. The molecule has 0 amide bonds. The first-order valence-electron chi connectivity index (χ1n) is 5.47. The molecule has 1 aliphatic rings. The maximum Gasteiger partial charge on any atom is 0.336 e.